The summed E-state index contributed by atoms with van der Waals surface area (Å²) in [7, 11) is -3.27. The topological polar surface area (TPSA) is 84.5 Å². The van der Waals surface area contributed by atoms with Crippen molar-refractivity contribution in [3.63, 3.8) is 0 Å². The highest BCUT2D eigenvalue weighted by molar-refractivity contribution is 7.90. The van der Waals surface area contributed by atoms with Crippen molar-refractivity contribution in [2.24, 2.45) is 0 Å². The second-order valence-electron chi connectivity index (χ2n) is 5.49. The van der Waals surface area contributed by atoms with Crippen molar-refractivity contribution in [3.8, 4) is 0 Å². The maximum atomic E-state index is 11.8. The highest BCUT2D eigenvalue weighted by Gasteiger charge is 2.16. The van der Waals surface area contributed by atoms with Crippen LogP contribution in [0.25, 0.3) is 0 Å². The van der Waals surface area contributed by atoms with Gasteiger partial charge in [-0.05, 0) is 37.5 Å². The van der Waals surface area contributed by atoms with E-state index in [-0.39, 0.29) is 23.5 Å². The van der Waals surface area contributed by atoms with Crippen LogP contribution in [0.3, 0.4) is 0 Å². The highest BCUT2D eigenvalue weighted by atomic mass is 32.2. The fourth-order valence-electron chi connectivity index (χ4n) is 2.48. The van der Waals surface area contributed by atoms with Gasteiger partial charge in [-0.2, -0.15) is 0 Å². The molecular formula is C15H22N2O4S. The molecule has 0 aliphatic carbocycles. The molecule has 0 saturated carbocycles. The van der Waals surface area contributed by atoms with Gasteiger partial charge in [0, 0.05) is 25.1 Å². The molecule has 6 nitrogen and oxygen atoms in total. The number of anilines is 1. The van der Waals surface area contributed by atoms with Gasteiger partial charge in [-0.3, -0.25) is 4.79 Å². The third kappa shape index (κ3) is 4.45. The SMILES string of the molecule is Cc1c(NCC(=O)NCC2CCCO2)cccc1S(C)(=O)=O. The van der Waals surface area contributed by atoms with Gasteiger partial charge in [0.15, 0.2) is 9.84 Å². The van der Waals surface area contributed by atoms with Gasteiger partial charge in [0.2, 0.25) is 5.91 Å². The van der Waals surface area contributed by atoms with E-state index in [1.54, 1.807) is 25.1 Å². The molecule has 1 aliphatic rings. The predicted molar refractivity (Wildman–Crippen MR) is 84.8 cm³/mol. The van der Waals surface area contributed by atoms with Crippen molar-refractivity contribution in [2.45, 2.75) is 30.8 Å². The van der Waals surface area contributed by atoms with E-state index in [0.717, 1.165) is 19.4 Å². The van der Waals surface area contributed by atoms with Crippen molar-refractivity contribution < 1.29 is 17.9 Å². The minimum absolute atomic E-state index is 0.0980. The zero-order valence-corrected chi connectivity index (χ0v) is 13.7. The minimum atomic E-state index is -3.27. The van der Waals surface area contributed by atoms with Gasteiger partial charge in [-0.1, -0.05) is 6.07 Å². The molecule has 0 radical (unpaired) electrons. The lowest BCUT2D eigenvalue weighted by Crippen LogP contribution is -2.35. The molecule has 1 aromatic rings. The van der Waals surface area contributed by atoms with Crippen LogP contribution in [-0.4, -0.2) is 46.4 Å². The molecule has 122 valence electrons. The molecule has 1 aliphatic heterocycles. The lowest BCUT2D eigenvalue weighted by atomic mass is 10.2. The Morgan fingerprint density at radius 3 is 2.82 bits per heavy atom. The number of carbonyl (C=O) groups excluding carboxylic acids is 1. The summed E-state index contributed by atoms with van der Waals surface area (Å²) in [5, 5.41) is 5.80. The normalized spacial score (nSPS) is 18.2. The van der Waals surface area contributed by atoms with Crippen molar-refractivity contribution in [3.05, 3.63) is 23.8 Å². The highest BCUT2D eigenvalue weighted by Crippen LogP contribution is 2.22. The number of ether oxygens (including phenoxy) is 1. The molecule has 0 aromatic heterocycles. The predicted octanol–water partition coefficient (Wildman–Crippen LogP) is 1.11. The van der Waals surface area contributed by atoms with E-state index in [1.807, 2.05) is 0 Å². The number of carbonyl (C=O) groups is 1. The zero-order valence-electron chi connectivity index (χ0n) is 12.9. The van der Waals surface area contributed by atoms with Crippen LogP contribution < -0.4 is 10.6 Å². The third-order valence-corrected chi connectivity index (χ3v) is 4.92. The average molecular weight is 326 g/mol. The largest absolute Gasteiger partial charge is 0.376 e. The molecule has 0 spiro atoms. The number of benzene rings is 1. The van der Waals surface area contributed by atoms with Crippen LogP contribution >= 0.6 is 0 Å². The number of nitrogens with one attached hydrogen (secondary N) is 2. The number of rotatable bonds is 6. The molecule has 1 saturated heterocycles. The van der Waals surface area contributed by atoms with Gasteiger partial charge in [0.1, 0.15) is 0 Å². The monoisotopic (exact) mass is 326 g/mol. The molecule has 1 heterocycles. The first-order valence-electron chi connectivity index (χ1n) is 7.30. The molecule has 1 atom stereocenters. The Morgan fingerprint density at radius 2 is 2.18 bits per heavy atom. The molecular weight excluding hydrogens is 304 g/mol. The average Bonchev–Trinajstić information content (AvgIpc) is 2.96. The molecule has 0 bridgehead atoms. The van der Waals surface area contributed by atoms with E-state index >= 15 is 0 Å². The quantitative estimate of drug-likeness (QED) is 0.818. The van der Waals surface area contributed by atoms with Crippen LogP contribution in [0.1, 0.15) is 18.4 Å². The molecule has 1 amide bonds. The van der Waals surface area contributed by atoms with Gasteiger partial charge >= 0.3 is 0 Å². The molecule has 2 N–H and O–H groups in total. The fraction of sp³-hybridized carbons (Fsp3) is 0.533. The van der Waals surface area contributed by atoms with E-state index in [1.165, 1.54) is 6.26 Å². The summed E-state index contributed by atoms with van der Waals surface area (Å²) in [4.78, 5) is 12.1. The first kappa shape index (κ1) is 16.8. The summed E-state index contributed by atoms with van der Waals surface area (Å²) in [6, 6.07) is 4.99. The van der Waals surface area contributed by atoms with Crippen LogP contribution in [0, 0.1) is 6.92 Å². The van der Waals surface area contributed by atoms with Gasteiger partial charge in [-0.25, -0.2) is 8.42 Å². The van der Waals surface area contributed by atoms with Crippen molar-refractivity contribution in [1.29, 1.82) is 0 Å². The van der Waals surface area contributed by atoms with Gasteiger partial charge in [-0.15, -0.1) is 0 Å². The molecule has 2 rings (SSSR count). The van der Waals surface area contributed by atoms with Gasteiger partial charge in [0.25, 0.3) is 0 Å². The zero-order chi connectivity index (χ0) is 16.2. The summed E-state index contributed by atoms with van der Waals surface area (Å²) in [5.74, 6) is -0.139. The smallest absolute Gasteiger partial charge is 0.239 e. The Balaban J connectivity index is 1.89. The van der Waals surface area contributed by atoms with E-state index in [4.69, 9.17) is 4.74 Å². The van der Waals surface area contributed by atoms with Crippen molar-refractivity contribution >= 4 is 21.4 Å². The maximum Gasteiger partial charge on any atom is 0.239 e. The maximum absolute atomic E-state index is 11.8. The Morgan fingerprint density at radius 1 is 1.41 bits per heavy atom. The number of sulfone groups is 1. The van der Waals surface area contributed by atoms with Crippen LogP contribution in [0.2, 0.25) is 0 Å². The van der Waals surface area contributed by atoms with Gasteiger partial charge < -0.3 is 15.4 Å². The summed E-state index contributed by atoms with van der Waals surface area (Å²) in [6.45, 7) is 3.10. The number of hydrogen-bond acceptors (Lipinski definition) is 5. The van der Waals surface area contributed by atoms with Gasteiger partial charge in [0.05, 0.1) is 17.5 Å². The van der Waals surface area contributed by atoms with E-state index in [0.29, 0.717) is 17.8 Å². The fourth-order valence-corrected chi connectivity index (χ4v) is 3.47. The molecule has 1 fully saturated rings. The first-order valence-corrected chi connectivity index (χ1v) is 9.19. The lowest BCUT2D eigenvalue weighted by Gasteiger charge is -2.14. The summed E-state index contributed by atoms with van der Waals surface area (Å²) >= 11 is 0. The minimum Gasteiger partial charge on any atom is -0.376 e. The van der Waals surface area contributed by atoms with E-state index in [9.17, 15) is 13.2 Å². The standard InChI is InChI=1S/C15H22N2O4S/c1-11-13(6-3-7-14(11)22(2,19)20)16-10-15(18)17-9-12-5-4-8-21-12/h3,6-7,12,16H,4-5,8-10H2,1-2H3,(H,17,18). The first-order chi connectivity index (χ1) is 10.4. The van der Waals surface area contributed by atoms with E-state index in [2.05, 4.69) is 10.6 Å². The van der Waals surface area contributed by atoms with Crippen molar-refractivity contribution in [1.82, 2.24) is 5.32 Å². The lowest BCUT2D eigenvalue weighted by molar-refractivity contribution is -0.119. The summed E-state index contributed by atoms with van der Waals surface area (Å²) < 4.78 is 28.8. The Kier molecular flexibility index (Phi) is 5.42. The summed E-state index contributed by atoms with van der Waals surface area (Å²) in [6.07, 6.45) is 3.30. The van der Waals surface area contributed by atoms with Crippen LogP contribution in [0.15, 0.2) is 23.1 Å². The Hall–Kier alpha value is -1.60. The second kappa shape index (κ2) is 7.11. The molecule has 1 aromatic carbocycles. The second-order valence-corrected chi connectivity index (χ2v) is 7.48. The van der Waals surface area contributed by atoms with Crippen LogP contribution in [-0.2, 0) is 19.4 Å². The Labute approximate surface area is 131 Å². The van der Waals surface area contributed by atoms with Crippen LogP contribution in [0.5, 0.6) is 0 Å². The summed E-state index contributed by atoms with van der Waals surface area (Å²) in [5.41, 5.74) is 1.27. The van der Waals surface area contributed by atoms with Crippen molar-refractivity contribution in [2.75, 3.05) is 31.3 Å². The molecule has 22 heavy (non-hydrogen) atoms. The number of hydrogen-bond donors (Lipinski definition) is 2. The van der Waals surface area contributed by atoms with Crippen LogP contribution in [0.4, 0.5) is 5.69 Å². The molecule has 1 unspecified atom stereocenters. The molecule has 7 heteroatoms. The third-order valence-electron chi connectivity index (χ3n) is 3.67. The Bertz CT molecular complexity index is 637. The van der Waals surface area contributed by atoms with E-state index < -0.39 is 9.84 Å². The number of amides is 1.